The van der Waals surface area contributed by atoms with Gasteiger partial charge in [-0.3, -0.25) is 4.79 Å². The molecule has 0 aliphatic rings. The van der Waals surface area contributed by atoms with Crippen LogP contribution in [0.1, 0.15) is 6.92 Å². The van der Waals surface area contributed by atoms with Crippen LogP contribution in [-0.2, 0) is 14.8 Å². The highest BCUT2D eigenvalue weighted by atomic mass is 79.9. The summed E-state index contributed by atoms with van der Waals surface area (Å²) in [5, 5.41) is 8.69. The van der Waals surface area contributed by atoms with E-state index in [4.69, 9.17) is 9.84 Å². The first-order valence-electron chi connectivity index (χ1n) is 4.86. The number of aliphatic carboxylic acids is 1. The number of carbonyl (C=O) groups is 1. The van der Waals surface area contributed by atoms with E-state index in [0.29, 0.717) is 10.2 Å². The normalized spacial score (nSPS) is 13.1. The third kappa shape index (κ3) is 3.44. The monoisotopic (exact) mass is 337 g/mol. The van der Waals surface area contributed by atoms with Gasteiger partial charge in [-0.1, -0.05) is 0 Å². The molecule has 0 aliphatic heterocycles. The standard InChI is InChI=1S/C10H12BrNO5S/c1-6(10(13)14)12-18(15,16)9-4-3-7(17-2)5-8(9)11/h3-6,12H,1-2H3,(H,13,14)/t6-/m0/s1. The molecule has 0 spiro atoms. The van der Waals surface area contributed by atoms with Crippen molar-refractivity contribution in [3.05, 3.63) is 22.7 Å². The maximum Gasteiger partial charge on any atom is 0.321 e. The van der Waals surface area contributed by atoms with Crippen molar-refractivity contribution in [1.82, 2.24) is 4.72 Å². The number of benzene rings is 1. The van der Waals surface area contributed by atoms with Gasteiger partial charge in [0.05, 0.1) is 12.0 Å². The molecule has 0 fully saturated rings. The van der Waals surface area contributed by atoms with Gasteiger partial charge in [0.2, 0.25) is 10.0 Å². The van der Waals surface area contributed by atoms with Crippen molar-refractivity contribution in [2.24, 2.45) is 0 Å². The lowest BCUT2D eigenvalue weighted by molar-refractivity contribution is -0.138. The Morgan fingerprint density at radius 3 is 2.56 bits per heavy atom. The zero-order valence-corrected chi connectivity index (χ0v) is 12.1. The Labute approximate surface area is 113 Å². The van der Waals surface area contributed by atoms with Gasteiger partial charge in [-0.25, -0.2) is 8.42 Å². The Kier molecular flexibility index (Phi) is 4.71. The number of carboxylic acids is 1. The fourth-order valence-corrected chi connectivity index (χ4v) is 3.43. The van der Waals surface area contributed by atoms with E-state index in [0.717, 1.165) is 0 Å². The molecule has 6 nitrogen and oxygen atoms in total. The van der Waals surface area contributed by atoms with E-state index < -0.39 is 22.0 Å². The average molecular weight is 338 g/mol. The number of halogens is 1. The molecule has 1 aromatic rings. The number of hydrogen-bond donors (Lipinski definition) is 2. The Hall–Kier alpha value is -1.12. The van der Waals surface area contributed by atoms with E-state index in [-0.39, 0.29) is 4.90 Å². The number of methoxy groups -OCH3 is 1. The molecule has 0 aromatic heterocycles. The molecule has 18 heavy (non-hydrogen) atoms. The second-order valence-corrected chi connectivity index (χ2v) is 6.01. The topological polar surface area (TPSA) is 92.7 Å². The summed E-state index contributed by atoms with van der Waals surface area (Å²) < 4.78 is 31.1. The third-order valence-corrected chi connectivity index (χ3v) is 4.65. The molecule has 0 aliphatic carbocycles. The Balaban J connectivity index is 3.09. The lowest BCUT2D eigenvalue weighted by Gasteiger charge is -2.12. The predicted molar refractivity (Wildman–Crippen MR) is 68.1 cm³/mol. The number of sulfonamides is 1. The summed E-state index contributed by atoms with van der Waals surface area (Å²) in [6.07, 6.45) is 0. The van der Waals surface area contributed by atoms with Gasteiger partial charge in [0, 0.05) is 4.47 Å². The highest BCUT2D eigenvalue weighted by Gasteiger charge is 2.23. The van der Waals surface area contributed by atoms with E-state index >= 15 is 0 Å². The number of ether oxygens (including phenoxy) is 1. The van der Waals surface area contributed by atoms with Crippen LogP contribution in [0, 0.1) is 0 Å². The van der Waals surface area contributed by atoms with Crippen LogP contribution in [0.15, 0.2) is 27.6 Å². The van der Waals surface area contributed by atoms with E-state index in [2.05, 4.69) is 20.7 Å². The van der Waals surface area contributed by atoms with Crippen LogP contribution in [0.25, 0.3) is 0 Å². The summed E-state index contributed by atoms with van der Waals surface area (Å²) in [6, 6.07) is 3.09. The van der Waals surface area contributed by atoms with Gasteiger partial charge >= 0.3 is 5.97 Å². The maximum absolute atomic E-state index is 11.9. The van der Waals surface area contributed by atoms with Crippen LogP contribution in [0.4, 0.5) is 0 Å². The van der Waals surface area contributed by atoms with Crippen molar-refractivity contribution in [1.29, 1.82) is 0 Å². The second kappa shape index (κ2) is 5.68. The number of hydrogen-bond acceptors (Lipinski definition) is 4. The van der Waals surface area contributed by atoms with Gasteiger partial charge in [0.15, 0.2) is 0 Å². The highest BCUT2D eigenvalue weighted by molar-refractivity contribution is 9.10. The number of nitrogens with one attached hydrogen (secondary N) is 1. The first-order valence-corrected chi connectivity index (χ1v) is 7.14. The van der Waals surface area contributed by atoms with E-state index in [1.807, 2.05) is 0 Å². The molecule has 0 amide bonds. The minimum Gasteiger partial charge on any atom is -0.497 e. The number of carboxylic acid groups (broad SMARTS) is 1. The molecule has 1 atom stereocenters. The van der Waals surface area contributed by atoms with Crippen molar-refractivity contribution in [3.8, 4) is 5.75 Å². The van der Waals surface area contributed by atoms with Crippen molar-refractivity contribution in [2.75, 3.05) is 7.11 Å². The molecule has 0 saturated heterocycles. The van der Waals surface area contributed by atoms with Gasteiger partial charge < -0.3 is 9.84 Å². The van der Waals surface area contributed by atoms with Crippen LogP contribution in [0.5, 0.6) is 5.75 Å². The van der Waals surface area contributed by atoms with Crippen molar-refractivity contribution < 1.29 is 23.1 Å². The molecule has 2 N–H and O–H groups in total. The fraction of sp³-hybridized carbons (Fsp3) is 0.300. The van der Waals surface area contributed by atoms with Crippen LogP contribution in [0.2, 0.25) is 0 Å². The molecule has 1 rings (SSSR count). The highest BCUT2D eigenvalue weighted by Crippen LogP contribution is 2.26. The summed E-state index contributed by atoms with van der Waals surface area (Å²) in [6.45, 7) is 1.25. The molecule has 0 heterocycles. The zero-order valence-electron chi connectivity index (χ0n) is 9.68. The van der Waals surface area contributed by atoms with Gasteiger partial charge in [0.25, 0.3) is 0 Å². The minimum absolute atomic E-state index is 0.0450. The molecular formula is C10H12BrNO5S. The first kappa shape index (κ1) is 14.9. The quantitative estimate of drug-likeness (QED) is 0.842. The first-order chi connectivity index (χ1) is 8.27. The molecule has 0 saturated carbocycles. The SMILES string of the molecule is COc1ccc(S(=O)(=O)N[C@@H](C)C(=O)O)c(Br)c1. The van der Waals surface area contributed by atoms with Gasteiger partial charge in [-0.05, 0) is 41.1 Å². The van der Waals surface area contributed by atoms with Crippen molar-refractivity contribution >= 4 is 31.9 Å². The fourth-order valence-electron chi connectivity index (χ4n) is 1.17. The summed E-state index contributed by atoms with van der Waals surface area (Å²) in [4.78, 5) is 10.6. The Bertz CT molecular complexity index is 557. The van der Waals surface area contributed by atoms with Crippen molar-refractivity contribution in [2.45, 2.75) is 17.9 Å². The van der Waals surface area contributed by atoms with Crippen molar-refractivity contribution in [3.63, 3.8) is 0 Å². The van der Waals surface area contributed by atoms with Gasteiger partial charge in [0.1, 0.15) is 11.8 Å². The lowest BCUT2D eigenvalue weighted by Crippen LogP contribution is -2.38. The molecular weight excluding hydrogens is 326 g/mol. The molecule has 100 valence electrons. The maximum atomic E-state index is 11.9. The molecule has 0 unspecified atom stereocenters. The minimum atomic E-state index is -3.89. The molecule has 0 radical (unpaired) electrons. The molecule has 8 heteroatoms. The van der Waals surface area contributed by atoms with E-state index in [9.17, 15) is 13.2 Å². The van der Waals surface area contributed by atoms with Gasteiger partial charge in [-0.15, -0.1) is 0 Å². The Morgan fingerprint density at radius 1 is 1.50 bits per heavy atom. The zero-order chi connectivity index (χ0) is 13.9. The Morgan fingerprint density at radius 2 is 2.11 bits per heavy atom. The summed E-state index contributed by atoms with van der Waals surface area (Å²) in [5.41, 5.74) is 0. The summed E-state index contributed by atoms with van der Waals surface area (Å²) in [5.74, 6) is -0.754. The third-order valence-electron chi connectivity index (χ3n) is 2.13. The lowest BCUT2D eigenvalue weighted by atomic mass is 10.3. The molecule has 0 bridgehead atoms. The summed E-state index contributed by atoms with van der Waals surface area (Å²) >= 11 is 3.10. The van der Waals surface area contributed by atoms with Crippen LogP contribution >= 0.6 is 15.9 Å². The van der Waals surface area contributed by atoms with Gasteiger partial charge in [-0.2, -0.15) is 4.72 Å². The largest absolute Gasteiger partial charge is 0.497 e. The van der Waals surface area contributed by atoms with Crippen LogP contribution < -0.4 is 9.46 Å². The molecule has 1 aromatic carbocycles. The second-order valence-electron chi connectivity index (χ2n) is 3.48. The van der Waals surface area contributed by atoms with Crippen LogP contribution in [-0.4, -0.2) is 32.6 Å². The number of rotatable bonds is 5. The average Bonchev–Trinajstić information content (AvgIpc) is 2.27. The van der Waals surface area contributed by atoms with Crippen LogP contribution in [0.3, 0.4) is 0 Å². The predicted octanol–water partition coefficient (Wildman–Crippen LogP) is 1.21. The smallest absolute Gasteiger partial charge is 0.321 e. The van der Waals surface area contributed by atoms with E-state index in [1.165, 1.54) is 32.2 Å². The summed E-state index contributed by atoms with van der Waals surface area (Å²) in [7, 11) is -2.43. The van der Waals surface area contributed by atoms with E-state index in [1.54, 1.807) is 0 Å².